The van der Waals surface area contributed by atoms with Gasteiger partial charge in [-0.1, -0.05) is 42.5 Å². The number of aromatic nitrogens is 4. The molecule has 0 atom stereocenters. The van der Waals surface area contributed by atoms with Gasteiger partial charge in [0, 0.05) is 6.54 Å². The highest BCUT2D eigenvalue weighted by molar-refractivity contribution is 6.09. The van der Waals surface area contributed by atoms with Gasteiger partial charge in [-0.05, 0) is 17.7 Å². The normalized spacial score (nSPS) is 10.7. The van der Waals surface area contributed by atoms with E-state index in [1.54, 1.807) is 0 Å². The largest absolute Gasteiger partial charge is 0.347 e. The number of hydrogen-bond acceptors (Lipinski definition) is 4. The third-order valence-corrected chi connectivity index (χ3v) is 4.00. The first kappa shape index (κ1) is 16.5. The summed E-state index contributed by atoms with van der Waals surface area (Å²) in [6.07, 6.45) is 1.31. The van der Waals surface area contributed by atoms with Gasteiger partial charge in [0.1, 0.15) is 5.69 Å². The van der Waals surface area contributed by atoms with Crippen molar-refractivity contribution < 1.29 is 9.59 Å². The summed E-state index contributed by atoms with van der Waals surface area (Å²) in [4.78, 5) is 38.9. The van der Waals surface area contributed by atoms with Crippen molar-refractivity contribution in [2.75, 3.05) is 5.32 Å². The molecule has 0 saturated carbocycles. The molecule has 2 aromatic heterocycles. The average molecular weight is 360 g/mol. The Morgan fingerprint density at radius 3 is 2.56 bits per heavy atom. The van der Waals surface area contributed by atoms with Crippen LogP contribution in [0.1, 0.15) is 26.5 Å². The number of hydrogen-bond donors (Lipinski definition) is 4. The second kappa shape index (κ2) is 7.12. The third kappa shape index (κ3) is 3.54. The zero-order valence-electron chi connectivity index (χ0n) is 14.2. The fourth-order valence-corrected chi connectivity index (χ4v) is 2.68. The number of amides is 2. The Hall–Kier alpha value is -3.94. The number of aromatic amines is 2. The van der Waals surface area contributed by atoms with Crippen LogP contribution in [0.4, 0.5) is 5.95 Å². The van der Waals surface area contributed by atoms with Crippen LogP contribution in [0.2, 0.25) is 0 Å². The van der Waals surface area contributed by atoms with Gasteiger partial charge in [-0.25, -0.2) is 9.97 Å². The molecule has 2 amide bonds. The number of nitrogens with one attached hydrogen (secondary N) is 4. The predicted molar refractivity (Wildman–Crippen MR) is 100 cm³/mol. The molecule has 0 radical (unpaired) electrons. The van der Waals surface area contributed by atoms with Crippen molar-refractivity contribution in [2.24, 2.45) is 0 Å². The summed E-state index contributed by atoms with van der Waals surface area (Å²) in [5.41, 5.74) is 2.59. The van der Waals surface area contributed by atoms with E-state index in [1.165, 1.54) is 6.33 Å². The standard InChI is InChI=1S/C19H16N6O2/c26-17(20-10-12-6-2-1-3-7-12)15-16(22-11-21-15)18(27)25-19-23-13-8-4-5-9-14(13)24-19/h1-9,11H,10H2,(H,20,26)(H,21,22)(H2,23,24,25,27). The number of carbonyl (C=O) groups is 2. The summed E-state index contributed by atoms with van der Waals surface area (Å²) in [5.74, 6) is -0.647. The molecule has 0 aliphatic carbocycles. The van der Waals surface area contributed by atoms with Crippen molar-refractivity contribution >= 4 is 28.8 Å². The summed E-state index contributed by atoms with van der Waals surface area (Å²) in [6.45, 7) is 0.351. The van der Waals surface area contributed by atoms with Crippen LogP contribution in [0.5, 0.6) is 0 Å². The summed E-state index contributed by atoms with van der Waals surface area (Å²) < 4.78 is 0. The molecule has 8 heteroatoms. The van der Waals surface area contributed by atoms with Gasteiger partial charge in [-0.2, -0.15) is 0 Å². The Bertz CT molecular complexity index is 1070. The van der Waals surface area contributed by atoms with Gasteiger partial charge in [0.15, 0.2) is 5.69 Å². The number of para-hydroxylation sites is 2. The van der Waals surface area contributed by atoms with Crippen molar-refractivity contribution in [1.82, 2.24) is 25.3 Å². The Morgan fingerprint density at radius 1 is 0.963 bits per heavy atom. The van der Waals surface area contributed by atoms with Crippen molar-refractivity contribution in [3.63, 3.8) is 0 Å². The van der Waals surface area contributed by atoms with E-state index in [4.69, 9.17) is 0 Å². The van der Waals surface area contributed by atoms with E-state index < -0.39 is 11.8 Å². The maximum Gasteiger partial charge on any atom is 0.279 e. The van der Waals surface area contributed by atoms with Crippen LogP contribution in [0.3, 0.4) is 0 Å². The van der Waals surface area contributed by atoms with Crippen LogP contribution in [0, 0.1) is 0 Å². The summed E-state index contributed by atoms with van der Waals surface area (Å²) in [7, 11) is 0. The third-order valence-electron chi connectivity index (χ3n) is 4.00. The van der Waals surface area contributed by atoms with Crippen molar-refractivity contribution in [3.8, 4) is 0 Å². The van der Waals surface area contributed by atoms with Gasteiger partial charge in [-0.15, -0.1) is 0 Å². The van der Waals surface area contributed by atoms with E-state index in [0.717, 1.165) is 16.6 Å². The fraction of sp³-hybridized carbons (Fsp3) is 0.0526. The van der Waals surface area contributed by atoms with E-state index in [-0.39, 0.29) is 11.4 Å². The first-order valence-electron chi connectivity index (χ1n) is 8.32. The Balaban J connectivity index is 1.47. The number of imidazole rings is 2. The maximum absolute atomic E-state index is 12.5. The lowest BCUT2D eigenvalue weighted by Crippen LogP contribution is -2.26. The molecule has 0 fully saturated rings. The molecule has 0 aliphatic heterocycles. The van der Waals surface area contributed by atoms with E-state index in [2.05, 4.69) is 30.6 Å². The van der Waals surface area contributed by atoms with Crippen LogP contribution in [0.25, 0.3) is 11.0 Å². The molecule has 2 aromatic carbocycles. The highest BCUT2D eigenvalue weighted by Crippen LogP contribution is 2.14. The smallest absolute Gasteiger partial charge is 0.279 e. The molecule has 0 unspecified atom stereocenters. The molecule has 27 heavy (non-hydrogen) atoms. The fourth-order valence-electron chi connectivity index (χ4n) is 2.68. The molecule has 0 spiro atoms. The zero-order valence-corrected chi connectivity index (χ0v) is 14.2. The van der Waals surface area contributed by atoms with Crippen molar-refractivity contribution in [2.45, 2.75) is 6.54 Å². The monoisotopic (exact) mass is 360 g/mol. The zero-order chi connectivity index (χ0) is 18.6. The highest BCUT2D eigenvalue weighted by atomic mass is 16.2. The maximum atomic E-state index is 12.5. The number of benzene rings is 2. The molecule has 4 N–H and O–H groups in total. The quantitative estimate of drug-likeness (QED) is 0.437. The van der Waals surface area contributed by atoms with E-state index in [1.807, 2.05) is 54.6 Å². The highest BCUT2D eigenvalue weighted by Gasteiger charge is 2.21. The summed E-state index contributed by atoms with van der Waals surface area (Å²) >= 11 is 0. The number of carbonyl (C=O) groups excluding carboxylic acids is 2. The number of rotatable bonds is 5. The van der Waals surface area contributed by atoms with Gasteiger partial charge in [0.2, 0.25) is 5.95 Å². The molecule has 8 nitrogen and oxygen atoms in total. The van der Waals surface area contributed by atoms with Crippen molar-refractivity contribution in [3.05, 3.63) is 77.9 Å². The van der Waals surface area contributed by atoms with Crippen LogP contribution < -0.4 is 10.6 Å². The molecular formula is C19H16N6O2. The minimum absolute atomic E-state index is 0.000942. The average Bonchev–Trinajstić information content (AvgIpc) is 3.33. The number of H-pyrrole nitrogens is 2. The minimum Gasteiger partial charge on any atom is -0.347 e. The first-order valence-corrected chi connectivity index (χ1v) is 8.32. The Morgan fingerprint density at radius 2 is 1.74 bits per heavy atom. The second-order valence-corrected chi connectivity index (χ2v) is 5.85. The minimum atomic E-state index is -0.528. The number of anilines is 1. The molecule has 2 heterocycles. The van der Waals surface area contributed by atoms with Crippen LogP contribution >= 0.6 is 0 Å². The predicted octanol–water partition coefficient (Wildman–Crippen LogP) is 2.47. The van der Waals surface area contributed by atoms with Gasteiger partial charge >= 0.3 is 0 Å². The lowest BCUT2D eigenvalue weighted by molar-refractivity contribution is 0.0933. The Kier molecular flexibility index (Phi) is 4.36. The number of nitrogens with zero attached hydrogens (tertiary/aromatic N) is 2. The molecule has 0 saturated heterocycles. The van der Waals surface area contributed by atoms with E-state index >= 15 is 0 Å². The van der Waals surface area contributed by atoms with Crippen LogP contribution in [-0.4, -0.2) is 31.8 Å². The first-order chi connectivity index (χ1) is 13.2. The van der Waals surface area contributed by atoms with E-state index in [9.17, 15) is 9.59 Å². The van der Waals surface area contributed by atoms with Gasteiger partial charge in [-0.3, -0.25) is 14.9 Å². The van der Waals surface area contributed by atoms with Crippen LogP contribution in [0.15, 0.2) is 60.9 Å². The van der Waals surface area contributed by atoms with Gasteiger partial charge in [0.05, 0.1) is 17.4 Å². The molecule has 0 aliphatic rings. The SMILES string of the molecule is O=C(Nc1nc2ccccc2[nH]1)c1nc[nH]c1C(=O)NCc1ccccc1. The second-order valence-electron chi connectivity index (χ2n) is 5.85. The lowest BCUT2D eigenvalue weighted by Gasteiger charge is -2.05. The lowest BCUT2D eigenvalue weighted by atomic mass is 10.2. The Labute approximate surface area is 154 Å². The molecule has 4 aromatic rings. The van der Waals surface area contributed by atoms with Crippen molar-refractivity contribution in [1.29, 1.82) is 0 Å². The molecule has 134 valence electrons. The molecule has 0 bridgehead atoms. The summed E-state index contributed by atoms with van der Waals surface area (Å²) in [6, 6.07) is 16.9. The topological polar surface area (TPSA) is 116 Å². The van der Waals surface area contributed by atoms with E-state index in [0.29, 0.717) is 12.5 Å². The van der Waals surface area contributed by atoms with Crippen LogP contribution in [-0.2, 0) is 6.54 Å². The summed E-state index contributed by atoms with van der Waals surface area (Å²) in [5, 5.41) is 5.40. The molecule has 4 rings (SSSR count). The molecular weight excluding hydrogens is 344 g/mol. The van der Waals surface area contributed by atoms with Gasteiger partial charge < -0.3 is 15.3 Å². The van der Waals surface area contributed by atoms with Gasteiger partial charge in [0.25, 0.3) is 11.8 Å². The number of fused-ring (bicyclic) bond motifs is 1.